The van der Waals surface area contributed by atoms with E-state index in [0.717, 1.165) is 16.0 Å². The maximum absolute atomic E-state index is 5.02. The first-order valence-electron chi connectivity index (χ1n) is 3.67. The van der Waals surface area contributed by atoms with Gasteiger partial charge in [-0.2, -0.15) is 0 Å². The third-order valence-electron chi connectivity index (χ3n) is 2.03. The summed E-state index contributed by atoms with van der Waals surface area (Å²) >= 11 is 6.78. The Morgan fingerprint density at radius 3 is 3.00 bits per heavy atom. The van der Waals surface area contributed by atoms with Crippen LogP contribution in [-0.4, -0.2) is 16.1 Å². The third-order valence-corrected chi connectivity index (χ3v) is 3.41. The van der Waals surface area contributed by atoms with Gasteiger partial charge in [0.15, 0.2) is 0 Å². The molecule has 10 heavy (non-hydrogen) atoms. The molecule has 2 atom stereocenters. The highest BCUT2D eigenvalue weighted by molar-refractivity contribution is 8.23. The summed E-state index contributed by atoms with van der Waals surface area (Å²) in [5.41, 5.74) is 0. The molecule has 0 saturated carbocycles. The zero-order chi connectivity index (χ0) is 7.56. The normalized spacial score (nSPS) is 28.2. The average molecular weight is 175 g/mol. The van der Waals surface area contributed by atoms with Crippen molar-refractivity contribution in [3.8, 4) is 0 Å². The lowest BCUT2D eigenvalue weighted by molar-refractivity contribution is 0.451. The van der Waals surface area contributed by atoms with Crippen molar-refractivity contribution in [2.75, 3.05) is 5.75 Å². The second-order valence-electron chi connectivity index (χ2n) is 2.73. The molecule has 1 rings (SSSR count). The van der Waals surface area contributed by atoms with E-state index in [1.165, 1.54) is 6.42 Å². The number of nitrogens with one attached hydrogen (secondary N) is 1. The van der Waals surface area contributed by atoms with Gasteiger partial charge in [0.2, 0.25) is 0 Å². The summed E-state index contributed by atoms with van der Waals surface area (Å²) in [5.74, 6) is 1.92. The molecule has 1 aliphatic rings. The van der Waals surface area contributed by atoms with E-state index in [-0.39, 0.29) is 0 Å². The van der Waals surface area contributed by atoms with E-state index < -0.39 is 0 Å². The molecule has 0 aliphatic carbocycles. The van der Waals surface area contributed by atoms with Crippen molar-refractivity contribution in [3.05, 3.63) is 0 Å². The van der Waals surface area contributed by atoms with Gasteiger partial charge < -0.3 is 5.32 Å². The molecule has 0 aromatic heterocycles. The maximum Gasteiger partial charge on any atom is 0.134 e. The Bertz CT molecular complexity index is 136. The first-order chi connectivity index (χ1) is 4.74. The van der Waals surface area contributed by atoms with Crippen LogP contribution in [0.2, 0.25) is 0 Å². The standard InChI is InChI=1S/C7H13NS2/c1-3-5(2)6-4-10-7(9)8-6/h5-6H,3-4H2,1-2H3,(H,8,9)/t5-,6+/m0/s1. The van der Waals surface area contributed by atoms with Crippen molar-refractivity contribution >= 4 is 28.3 Å². The highest BCUT2D eigenvalue weighted by atomic mass is 32.2. The highest BCUT2D eigenvalue weighted by Crippen LogP contribution is 2.20. The third kappa shape index (κ3) is 1.86. The molecule has 0 aromatic carbocycles. The van der Waals surface area contributed by atoms with Gasteiger partial charge in [0.1, 0.15) is 4.32 Å². The summed E-state index contributed by atoms with van der Waals surface area (Å²) < 4.78 is 0.977. The van der Waals surface area contributed by atoms with E-state index in [1.54, 1.807) is 11.8 Å². The molecule has 0 bridgehead atoms. The Morgan fingerprint density at radius 2 is 2.60 bits per heavy atom. The number of rotatable bonds is 2. The second kappa shape index (κ2) is 3.58. The van der Waals surface area contributed by atoms with Crippen LogP contribution >= 0.6 is 24.0 Å². The molecule has 0 spiro atoms. The minimum atomic E-state index is 0.627. The van der Waals surface area contributed by atoms with E-state index in [2.05, 4.69) is 19.2 Å². The lowest BCUT2D eigenvalue weighted by Gasteiger charge is -2.16. The van der Waals surface area contributed by atoms with E-state index in [4.69, 9.17) is 12.2 Å². The van der Waals surface area contributed by atoms with Gasteiger partial charge in [-0.15, -0.1) is 0 Å². The Labute approximate surface area is 72.0 Å². The maximum atomic E-state index is 5.02. The topological polar surface area (TPSA) is 12.0 Å². The molecule has 58 valence electrons. The number of thiocarbonyl (C=S) groups is 1. The Morgan fingerprint density at radius 1 is 1.90 bits per heavy atom. The van der Waals surface area contributed by atoms with Crippen molar-refractivity contribution in [1.82, 2.24) is 5.32 Å². The predicted octanol–water partition coefficient (Wildman–Crippen LogP) is 2.02. The van der Waals surface area contributed by atoms with Gasteiger partial charge in [0.25, 0.3) is 0 Å². The van der Waals surface area contributed by atoms with Crippen molar-refractivity contribution < 1.29 is 0 Å². The lowest BCUT2D eigenvalue weighted by atomic mass is 10.0. The van der Waals surface area contributed by atoms with Crippen LogP contribution in [0.25, 0.3) is 0 Å². The quantitative estimate of drug-likeness (QED) is 0.645. The molecule has 1 fully saturated rings. The first kappa shape index (κ1) is 8.34. The average Bonchev–Trinajstić information content (AvgIpc) is 2.34. The van der Waals surface area contributed by atoms with Crippen molar-refractivity contribution in [1.29, 1.82) is 0 Å². The van der Waals surface area contributed by atoms with Gasteiger partial charge in [0, 0.05) is 11.8 Å². The molecule has 1 heterocycles. The Kier molecular flexibility index (Phi) is 2.98. The van der Waals surface area contributed by atoms with Gasteiger partial charge in [-0.3, -0.25) is 0 Å². The zero-order valence-corrected chi connectivity index (χ0v) is 8.02. The smallest absolute Gasteiger partial charge is 0.134 e. The Balaban J connectivity index is 2.36. The van der Waals surface area contributed by atoms with Crippen LogP contribution < -0.4 is 5.32 Å². The fraction of sp³-hybridized carbons (Fsp3) is 0.857. The van der Waals surface area contributed by atoms with Gasteiger partial charge in [-0.05, 0) is 5.92 Å². The van der Waals surface area contributed by atoms with Crippen LogP contribution in [0, 0.1) is 5.92 Å². The fourth-order valence-corrected chi connectivity index (χ4v) is 2.32. The monoisotopic (exact) mass is 175 g/mol. The van der Waals surface area contributed by atoms with Crippen LogP contribution in [0.5, 0.6) is 0 Å². The van der Waals surface area contributed by atoms with Crippen LogP contribution in [-0.2, 0) is 0 Å². The zero-order valence-electron chi connectivity index (χ0n) is 6.39. The number of thioether (sulfide) groups is 1. The summed E-state index contributed by atoms with van der Waals surface area (Å²) in [5, 5.41) is 3.30. The molecule has 3 heteroatoms. The van der Waals surface area contributed by atoms with Gasteiger partial charge in [0.05, 0.1) is 0 Å². The number of hydrogen-bond acceptors (Lipinski definition) is 2. The predicted molar refractivity (Wildman–Crippen MR) is 51.4 cm³/mol. The fourth-order valence-electron chi connectivity index (χ4n) is 0.991. The summed E-state index contributed by atoms with van der Waals surface area (Å²) in [6.45, 7) is 4.49. The first-order valence-corrected chi connectivity index (χ1v) is 5.06. The van der Waals surface area contributed by atoms with E-state index in [0.29, 0.717) is 6.04 Å². The SMILES string of the molecule is CC[C@H](C)[C@H]1CSC(=S)N1. The van der Waals surface area contributed by atoms with Crippen molar-refractivity contribution in [2.45, 2.75) is 26.3 Å². The molecular weight excluding hydrogens is 162 g/mol. The van der Waals surface area contributed by atoms with Crippen LogP contribution in [0.15, 0.2) is 0 Å². The van der Waals surface area contributed by atoms with Crippen LogP contribution in [0.4, 0.5) is 0 Å². The lowest BCUT2D eigenvalue weighted by Crippen LogP contribution is -2.31. The molecule has 0 radical (unpaired) electrons. The molecule has 0 amide bonds. The summed E-state index contributed by atoms with van der Waals surface area (Å²) in [6.07, 6.45) is 1.24. The summed E-state index contributed by atoms with van der Waals surface area (Å²) in [6, 6.07) is 0.627. The Hall–Kier alpha value is 0.240. The van der Waals surface area contributed by atoms with E-state index in [1.807, 2.05) is 0 Å². The molecular formula is C7H13NS2. The molecule has 1 N–H and O–H groups in total. The van der Waals surface area contributed by atoms with Gasteiger partial charge >= 0.3 is 0 Å². The molecule has 0 aromatic rings. The minimum Gasteiger partial charge on any atom is -0.367 e. The van der Waals surface area contributed by atoms with Crippen molar-refractivity contribution in [2.24, 2.45) is 5.92 Å². The number of hydrogen-bond donors (Lipinski definition) is 1. The van der Waals surface area contributed by atoms with Crippen LogP contribution in [0.1, 0.15) is 20.3 Å². The molecule has 1 saturated heterocycles. The highest BCUT2D eigenvalue weighted by Gasteiger charge is 2.22. The van der Waals surface area contributed by atoms with Gasteiger partial charge in [-0.25, -0.2) is 0 Å². The summed E-state index contributed by atoms with van der Waals surface area (Å²) in [4.78, 5) is 0. The van der Waals surface area contributed by atoms with E-state index in [9.17, 15) is 0 Å². The van der Waals surface area contributed by atoms with Gasteiger partial charge in [-0.1, -0.05) is 44.2 Å². The molecule has 1 nitrogen and oxygen atoms in total. The van der Waals surface area contributed by atoms with E-state index >= 15 is 0 Å². The van der Waals surface area contributed by atoms with Crippen molar-refractivity contribution in [3.63, 3.8) is 0 Å². The summed E-state index contributed by atoms with van der Waals surface area (Å²) in [7, 11) is 0. The molecule has 0 unspecified atom stereocenters. The largest absolute Gasteiger partial charge is 0.367 e. The molecule has 1 aliphatic heterocycles. The minimum absolute atomic E-state index is 0.627. The van der Waals surface area contributed by atoms with Crippen LogP contribution in [0.3, 0.4) is 0 Å². The second-order valence-corrected chi connectivity index (χ2v) is 4.43.